The number of rotatable bonds is 4. The minimum absolute atomic E-state index is 0.576. The Balaban J connectivity index is 1.87. The summed E-state index contributed by atoms with van der Waals surface area (Å²) in [6.07, 6.45) is 1.82. The predicted molar refractivity (Wildman–Crippen MR) is 82.7 cm³/mol. The van der Waals surface area contributed by atoms with E-state index >= 15 is 0 Å². The molecule has 3 aromatic rings. The van der Waals surface area contributed by atoms with E-state index in [4.69, 9.17) is 10.2 Å². The molecule has 102 valence electrons. The summed E-state index contributed by atoms with van der Waals surface area (Å²) in [6.45, 7) is 1.41. The fourth-order valence-electron chi connectivity index (χ4n) is 2.47. The monoisotopic (exact) mass is 266 g/mol. The molecule has 0 atom stereocenters. The highest BCUT2D eigenvalue weighted by Crippen LogP contribution is 2.28. The fraction of sp³-hybridized carbons (Fsp3) is 0.176. The molecule has 0 amide bonds. The summed E-state index contributed by atoms with van der Waals surface area (Å²) in [6, 6.07) is 16.5. The van der Waals surface area contributed by atoms with Crippen LogP contribution in [0.25, 0.3) is 11.0 Å². The molecule has 3 heteroatoms. The van der Waals surface area contributed by atoms with E-state index in [1.165, 1.54) is 5.56 Å². The van der Waals surface area contributed by atoms with Gasteiger partial charge in [0.25, 0.3) is 0 Å². The normalized spacial score (nSPS) is 10.9. The van der Waals surface area contributed by atoms with E-state index in [1.807, 2.05) is 24.5 Å². The minimum atomic E-state index is 0.576. The van der Waals surface area contributed by atoms with Crippen molar-refractivity contribution in [3.8, 4) is 0 Å². The molecule has 0 aliphatic rings. The highest BCUT2D eigenvalue weighted by molar-refractivity contribution is 5.90. The van der Waals surface area contributed by atoms with Gasteiger partial charge in [-0.15, -0.1) is 0 Å². The van der Waals surface area contributed by atoms with Gasteiger partial charge in [-0.25, -0.2) is 0 Å². The topological polar surface area (TPSA) is 42.4 Å². The zero-order valence-electron chi connectivity index (χ0n) is 11.5. The van der Waals surface area contributed by atoms with Crippen LogP contribution in [0.3, 0.4) is 0 Å². The van der Waals surface area contributed by atoms with Crippen molar-refractivity contribution >= 4 is 16.7 Å². The quantitative estimate of drug-likeness (QED) is 0.785. The second-order valence-corrected chi connectivity index (χ2v) is 5.00. The van der Waals surface area contributed by atoms with Gasteiger partial charge in [-0.3, -0.25) is 0 Å². The third-order valence-electron chi connectivity index (χ3n) is 3.52. The van der Waals surface area contributed by atoms with Crippen LogP contribution in [0, 0.1) is 0 Å². The summed E-state index contributed by atoms with van der Waals surface area (Å²) in [5, 5.41) is 1.14. The maximum absolute atomic E-state index is 5.69. The Labute approximate surface area is 118 Å². The first kappa shape index (κ1) is 12.8. The van der Waals surface area contributed by atoms with Gasteiger partial charge in [0, 0.05) is 25.5 Å². The van der Waals surface area contributed by atoms with Crippen molar-refractivity contribution < 1.29 is 4.42 Å². The van der Waals surface area contributed by atoms with E-state index in [1.54, 1.807) is 0 Å². The summed E-state index contributed by atoms with van der Waals surface area (Å²) in [5.41, 5.74) is 10.1. The molecule has 0 bridgehead atoms. The van der Waals surface area contributed by atoms with Gasteiger partial charge in [0.1, 0.15) is 11.8 Å². The predicted octanol–water partition coefficient (Wildman–Crippen LogP) is 3.53. The first-order valence-electron chi connectivity index (χ1n) is 6.73. The number of furan rings is 1. The van der Waals surface area contributed by atoms with Gasteiger partial charge in [0.2, 0.25) is 0 Å². The Bertz CT molecular complexity index is 718. The summed E-state index contributed by atoms with van der Waals surface area (Å²) in [7, 11) is 2.08. The molecular weight excluding hydrogens is 248 g/mol. The zero-order valence-corrected chi connectivity index (χ0v) is 11.5. The molecule has 0 saturated heterocycles. The number of anilines is 1. The first-order valence-corrected chi connectivity index (χ1v) is 6.73. The molecular formula is C17H18N2O. The summed E-state index contributed by atoms with van der Waals surface area (Å²) in [5.74, 6) is 0. The van der Waals surface area contributed by atoms with Crippen LogP contribution in [-0.4, -0.2) is 7.05 Å². The van der Waals surface area contributed by atoms with E-state index < -0.39 is 0 Å². The molecule has 0 aliphatic carbocycles. The lowest BCUT2D eigenvalue weighted by Gasteiger charge is -2.18. The van der Waals surface area contributed by atoms with Gasteiger partial charge in [0.15, 0.2) is 0 Å². The fourth-order valence-corrected chi connectivity index (χ4v) is 2.47. The lowest BCUT2D eigenvalue weighted by atomic mass is 10.1. The number of hydrogen-bond donors (Lipinski definition) is 1. The van der Waals surface area contributed by atoms with E-state index in [-0.39, 0.29) is 0 Å². The van der Waals surface area contributed by atoms with Crippen molar-refractivity contribution in [3.05, 3.63) is 65.9 Å². The Morgan fingerprint density at radius 3 is 2.70 bits per heavy atom. The van der Waals surface area contributed by atoms with Crippen molar-refractivity contribution in [1.82, 2.24) is 0 Å². The lowest BCUT2D eigenvalue weighted by molar-refractivity contribution is 0.614. The molecule has 3 rings (SSSR count). The van der Waals surface area contributed by atoms with Gasteiger partial charge in [-0.1, -0.05) is 36.4 Å². The molecule has 0 radical (unpaired) electrons. The van der Waals surface area contributed by atoms with E-state index in [2.05, 4.69) is 42.3 Å². The first-order chi connectivity index (χ1) is 9.78. The number of fused-ring (bicyclic) bond motifs is 1. The molecule has 0 spiro atoms. The van der Waals surface area contributed by atoms with Gasteiger partial charge in [-0.2, -0.15) is 0 Å². The number of para-hydroxylation sites is 1. The van der Waals surface area contributed by atoms with Crippen LogP contribution < -0.4 is 10.6 Å². The SMILES string of the molecule is CN(Cc1cccc(CN)c1)c1coc2ccccc12. The highest BCUT2D eigenvalue weighted by atomic mass is 16.3. The molecule has 3 nitrogen and oxygen atoms in total. The second kappa shape index (κ2) is 5.39. The van der Waals surface area contributed by atoms with Crippen LogP contribution in [0.2, 0.25) is 0 Å². The Hall–Kier alpha value is -2.26. The maximum Gasteiger partial charge on any atom is 0.136 e. The number of benzene rings is 2. The third kappa shape index (κ3) is 2.40. The van der Waals surface area contributed by atoms with Crippen LogP contribution in [0.15, 0.2) is 59.2 Å². The minimum Gasteiger partial charge on any atom is -0.462 e. The van der Waals surface area contributed by atoms with Crippen molar-refractivity contribution in [2.75, 3.05) is 11.9 Å². The van der Waals surface area contributed by atoms with Crippen molar-refractivity contribution in [2.45, 2.75) is 13.1 Å². The Morgan fingerprint density at radius 1 is 1.05 bits per heavy atom. The molecule has 0 aliphatic heterocycles. The van der Waals surface area contributed by atoms with Crippen molar-refractivity contribution in [3.63, 3.8) is 0 Å². The second-order valence-electron chi connectivity index (χ2n) is 5.00. The van der Waals surface area contributed by atoms with Crippen LogP contribution in [0.1, 0.15) is 11.1 Å². The van der Waals surface area contributed by atoms with E-state index in [0.717, 1.165) is 28.8 Å². The standard InChI is InChI=1S/C17H18N2O/c1-19(11-14-6-4-5-13(9-14)10-18)16-12-20-17-8-3-2-7-15(16)17/h2-9,12H,10-11,18H2,1H3. The van der Waals surface area contributed by atoms with Crippen LogP contribution >= 0.6 is 0 Å². The third-order valence-corrected chi connectivity index (χ3v) is 3.52. The molecule has 2 N–H and O–H groups in total. The molecule has 20 heavy (non-hydrogen) atoms. The van der Waals surface area contributed by atoms with Crippen LogP contribution in [0.5, 0.6) is 0 Å². The molecule has 1 heterocycles. The average molecular weight is 266 g/mol. The Morgan fingerprint density at radius 2 is 1.85 bits per heavy atom. The van der Waals surface area contributed by atoms with Crippen LogP contribution in [-0.2, 0) is 13.1 Å². The number of nitrogens with zero attached hydrogens (tertiary/aromatic N) is 1. The molecule has 2 aromatic carbocycles. The number of nitrogens with two attached hydrogens (primary N) is 1. The van der Waals surface area contributed by atoms with Crippen molar-refractivity contribution in [1.29, 1.82) is 0 Å². The van der Waals surface area contributed by atoms with Gasteiger partial charge < -0.3 is 15.1 Å². The zero-order chi connectivity index (χ0) is 13.9. The molecule has 0 saturated carbocycles. The molecule has 1 aromatic heterocycles. The molecule has 0 unspecified atom stereocenters. The average Bonchev–Trinajstić information content (AvgIpc) is 2.91. The van der Waals surface area contributed by atoms with E-state index in [9.17, 15) is 0 Å². The van der Waals surface area contributed by atoms with Gasteiger partial charge in [-0.05, 0) is 23.3 Å². The summed E-state index contributed by atoms with van der Waals surface area (Å²) in [4.78, 5) is 2.20. The summed E-state index contributed by atoms with van der Waals surface area (Å²) >= 11 is 0. The maximum atomic E-state index is 5.69. The lowest BCUT2D eigenvalue weighted by Crippen LogP contribution is -2.16. The Kier molecular flexibility index (Phi) is 3.44. The summed E-state index contributed by atoms with van der Waals surface area (Å²) < 4.78 is 5.59. The highest BCUT2D eigenvalue weighted by Gasteiger charge is 2.10. The smallest absolute Gasteiger partial charge is 0.136 e. The van der Waals surface area contributed by atoms with Crippen LogP contribution in [0.4, 0.5) is 5.69 Å². The molecule has 0 fully saturated rings. The van der Waals surface area contributed by atoms with Gasteiger partial charge >= 0.3 is 0 Å². The van der Waals surface area contributed by atoms with E-state index in [0.29, 0.717) is 6.54 Å². The number of hydrogen-bond acceptors (Lipinski definition) is 3. The van der Waals surface area contributed by atoms with Crippen molar-refractivity contribution in [2.24, 2.45) is 5.73 Å². The van der Waals surface area contributed by atoms with Gasteiger partial charge in [0.05, 0.1) is 5.69 Å². The largest absolute Gasteiger partial charge is 0.462 e.